The molecule has 0 bridgehead atoms. The Morgan fingerprint density at radius 1 is 0.652 bits per heavy atom. The maximum Gasteiger partial charge on any atom is 0.303 e. The maximum atomic E-state index is 12.1. The van der Waals surface area contributed by atoms with E-state index in [1.807, 2.05) is 27.7 Å². The lowest BCUT2D eigenvalue weighted by Crippen LogP contribution is -2.39. The third-order valence-electron chi connectivity index (χ3n) is 8.20. The lowest BCUT2D eigenvalue weighted by molar-refractivity contribution is -0.137. The fraction of sp³-hybridized carbons (Fsp3) is 0.946. The highest BCUT2D eigenvalue weighted by Gasteiger charge is 2.42. The van der Waals surface area contributed by atoms with Crippen LogP contribution in [0.2, 0.25) is 0 Å². The van der Waals surface area contributed by atoms with E-state index in [0.29, 0.717) is 32.6 Å². The van der Waals surface area contributed by atoms with Crippen LogP contribution >= 0.6 is 0 Å². The fourth-order valence-corrected chi connectivity index (χ4v) is 5.70. The van der Waals surface area contributed by atoms with Crippen LogP contribution in [-0.2, 0) is 28.5 Å². The molecule has 0 aromatic rings. The van der Waals surface area contributed by atoms with E-state index >= 15 is 0 Å². The molecule has 1 amide bonds. The molecule has 0 aromatic carbocycles. The number of methoxy groups -OCH3 is 2. The van der Waals surface area contributed by atoms with Crippen LogP contribution in [0, 0.1) is 0 Å². The Labute approximate surface area is 285 Å². The topological polar surface area (TPSA) is 103 Å². The molecule has 46 heavy (non-hydrogen) atoms. The number of carbonyl (C=O) groups excluding carboxylic acids is 1. The Morgan fingerprint density at radius 3 is 1.46 bits per heavy atom. The lowest BCUT2D eigenvalue weighted by Gasteiger charge is -2.22. The summed E-state index contributed by atoms with van der Waals surface area (Å²) < 4.78 is 22.2. The Bertz CT molecular complexity index is 655. The molecule has 1 aliphatic rings. The van der Waals surface area contributed by atoms with Crippen molar-refractivity contribution < 1.29 is 33.6 Å². The molecule has 4 unspecified atom stereocenters. The Balaban J connectivity index is 0. The van der Waals surface area contributed by atoms with Crippen LogP contribution in [-0.4, -0.2) is 83.1 Å². The Kier molecular flexibility index (Phi) is 37.4. The number of amides is 1. The molecule has 0 aliphatic carbocycles. The van der Waals surface area contributed by atoms with Gasteiger partial charge < -0.3 is 29.4 Å². The number of nitrogens with one attached hydrogen (secondary N) is 1. The van der Waals surface area contributed by atoms with Gasteiger partial charge in [0.2, 0.25) is 5.91 Å². The predicted octanol–water partition coefficient (Wildman–Crippen LogP) is 8.76. The lowest BCUT2D eigenvalue weighted by atomic mass is 9.93. The summed E-state index contributed by atoms with van der Waals surface area (Å²) in [6, 6.07) is -0.539. The highest BCUT2D eigenvalue weighted by atomic mass is 16.6. The summed E-state index contributed by atoms with van der Waals surface area (Å²) in [6.07, 6.45) is 24.6. The van der Waals surface area contributed by atoms with E-state index in [4.69, 9.17) is 31.9 Å². The first-order chi connectivity index (χ1) is 22.5. The molecule has 8 nitrogen and oxygen atoms in total. The second kappa shape index (κ2) is 36.7. The fourth-order valence-electron chi connectivity index (χ4n) is 5.70. The molecule has 0 saturated carbocycles. The van der Waals surface area contributed by atoms with Gasteiger partial charge in [-0.15, -0.1) is 0 Å². The third kappa shape index (κ3) is 27.9. The maximum absolute atomic E-state index is 12.1. The van der Waals surface area contributed by atoms with Crippen LogP contribution in [0.4, 0.5) is 0 Å². The molecule has 272 valence electrons. The molecular formula is C37H74BNO7. The average Bonchev–Trinajstić information content (AvgIpc) is 3.36. The van der Waals surface area contributed by atoms with Crippen LogP contribution in [0.5, 0.6) is 0 Å². The number of carboxylic acid groups (broad SMARTS) is 1. The molecule has 1 heterocycles. The molecule has 9 heteroatoms. The third-order valence-corrected chi connectivity index (χ3v) is 8.20. The van der Waals surface area contributed by atoms with Gasteiger partial charge in [-0.1, -0.05) is 137 Å². The van der Waals surface area contributed by atoms with Gasteiger partial charge in [0.15, 0.2) is 0 Å². The van der Waals surface area contributed by atoms with Crippen molar-refractivity contribution in [3.63, 3.8) is 0 Å². The van der Waals surface area contributed by atoms with Crippen molar-refractivity contribution in [3.8, 4) is 0 Å². The van der Waals surface area contributed by atoms with Gasteiger partial charge >= 0.3 is 5.97 Å². The van der Waals surface area contributed by atoms with Gasteiger partial charge in [-0.05, 0) is 19.3 Å². The summed E-state index contributed by atoms with van der Waals surface area (Å²) in [4.78, 5) is 22.6. The van der Waals surface area contributed by atoms with E-state index in [2.05, 4.69) is 5.32 Å². The highest BCUT2D eigenvalue weighted by molar-refractivity contribution is 6.11. The van der Waals surface area contributed by atoms with Gasteiger partial charge in [-0.2, -0.15) is 0 Å². The van der Waals surface area contributed by atoms with Crippen LogP contribution in [0.1, 0.15) is 169 Å². The van der Waals surface area contributed by atoms with Crippen molar-refractivity contribution >= 4 is 19.7 Å². The highest BCUT2D eigenvalue weighted by Crippen LogP contribution is 2.25. The van der Waals surface area contributed by atoms with Gasteiger partial charge in [-0.25, -0.2) is 0 Å². The molecule has 1 rings (SSSR count). The minimum atomic E-state index is -0.669. The molecule has 2 N–H and O–H groups in total. The van der Waals surface area contributed by atoms with Crippen molar-refractivity contribution in [2.75, 3.05) is 34.0 Å². The van der Waals surface area contributed by atoms with Gasteiger partial charge in [0.05, 0.1) is 6.61 Å². The zero-order chi connectivity index (χ0) is 34.7. The summed E-state index contributed by atoms with van der Waals surface area (Å²) in [5.74, 6) is -0.548. The van der Waals surface area contributed by atoms with E-state index in [1.165, 1.54) is 96.3 Å². The Morgan fingerprint density at radius 2 is 1.07 bits per heavy atom. The first-order valence-corrected chi connectivity index (χ1v) is 19.0. The van der Waals surface area contributed by atoms with Gasteiger partial charge in [-0.3, -0.25) is 9.59 Å². The quantitative estimate of drug-likeness (QED) is 0.0589. The minimum Gasteiger partial charge on any atom is -0.481 e. The number of hydrogen-bond donors (Lipinski definition) is 2. The summed E-state index contributed by atoms with van der Waals surface area (Å²) in [5, 5.41) is 11.6. The molecule has 4 atom stereocenters. The van der Waals surface area contributed by atoms with E-state index < -0.39 is 12.0 Å². The second-order valence-corrected chi connectivity index (χ2v) is 11.9. The predicted molar refractivity (Wildman–Crippen MR) is 192 cm³/mol. The second-order valence-electron chi connectivity index (χ2n) is 11.9. The zero-order valence-electron chi connectivity index (χ0n) is 31.0. The number of unbranched alkanes of at least 4 members (excludes halogenated alkanes) is 18. The van der Waals surface area contributed by atoms with E-state index in [-0.39, 0.29) is 24.2 Å². The molecule has 2 radical (unpaired) electrons. The van der Waals surface area contributed by atoms with E-state index in [1.54, 1.807) is 14.2 Å². The molecular weight excluding hydrogens is 581 g/mol. The first-order valence-electron chi connectivity index (χ1n) is 19.0. The first kappa shape index (κ1) is 47.0. The number of hydrogen-bond acceptors (Lipinski definition) is 6. The number of rotatable bonds is 30. The zero-order valence-corrected chi connectivity index (χ0v) is 31.0. The van der Waals surface area contributed by atoms with Crippen LogP contribution < -0.4 is 5.32 Å². The van der Waals surface area contributed by atoms with Crippen LogP contribution in [0.15, 0.2) is 0 Å². The van der Waals surface area contributed by atoms with Crippen LogP contribution in [0.25, 0.3) is 0 Å². The SMILES string of the molecule is CC.CC.[B]C1OC(COC)C(OC)C1OCCCNC(=O)CCCCCCCCCCCCCCCCCCCCCC(=O)O. The van der Waals surface area contributed by atoms with Crippen molar-refractivity contribution in [3.05, 3.63) is 0 Å². The number of carboxylic acids is 1. The van der Waals surface area contributed by atoms with Crippen molar-refractivity contribution in [2.24, 2.45) is 0 Å². The Hall–Kier alpha value is -1.16. The summed E-state index contributed by atoms with van der Waals surface area (Å²) >= 11 is 0. The van der Waals surface area contributed by atoms with E-state index in [0.717, 1.165) is 32.1 Å². The monoisotopic (exact) mass is 656 g/mol. The molecule has 1 fully saturated rings. The number of aliphatic carboxylic acids is 1. The molecule has 1 aliphatic heterocycles. The number of ether oxygens (including phenoxy) is 4. The molecule has 0 aromatic heterocycles. The van der Waals surface area contributed by atoms with Crippen molar-refractivity contribution in [1.29, 1.82) is 0 Å². The molecule has 0 spiro atoms. The smallest absolute Gasteiger partial charge is 0.303 e. The van der Waals surface area contributed by atoms with Crippen LogP contribution in [0.3, 0.4) is 0 Å². The largest absolute Gasteiger partial charge is 0.481 e. The van der Waals surface area contributed by atoms with E-state index in [9.17, 15) is 9.59 Å². The van der Waals surface area contributed by atoms with Gasteiger partial charge in [0, 0.05) is 46.2 Å². The molecule has 1 saturated heterocycles. The normalized spacial score (nSPS) is 18.7. The standard InChI is InChI=1S/C33H62BNO7.2C2H6/c1-39-27-28-31(40-2)32(33(34)42-28)41-26-22-25-35-29(36)23-20-18-16-14-12-10-8-6-4-3-5-7-9-11-13-15-17-19-21-24-30(37)38;2*1-2/h28,31-33H,3-27H2,1-2H3,(H,35,36)(H,37,38);2*1-2H3. The summed E-state index contributed by atoms with van der Waals surface area (Å²) in [5.41, 5.74) is 0. The average molecular weight is 656 g/mol. The van der Waals surface area contributed by atoms with Crippen molar-refractivity contribution in [1.82, 2.24) is 5.32 Å². The summed E-state index contributed by atoms with van der Waals surface area (Å²) in [7, 11) is 9.28. The van der Waals surface area contributed by atoms with Gasteiger partial charge in [0.1, 0.15) is 26.2 Å². The number of carbonyl (C=O) groups is 2. The van der Waals surface area contributed by atoms with Crippen molar-refractivity contribution in [2.45, 2.75) is 193 Å². The van der Waals surface area contributed by atoms with Gasteiger partial charge in [0.25, 0.3) is 0 Å². The summed E-state index contributed by atoms with van der Waals surface area (Å²) in [6.45, 7) is 9.49. The minimum absolute atomic E-state index is 0.121.